The number of carbonyl (C=O) groups excluding carboxylic acids is 3. The number of primary amides is 1. The standard InChI is InChI=1S/C17H24N4O5/c1-25-12-5-11(6-13(7-12)26-2)10-21-4-3-19-17(24)14(21)8-16(23)20-9-15(18)22/h5-7,14H,3-4,8-10H2,1-2H3,(H2,18,22)(H,19,24)(H,20,23)/t14-/m1/s1. The van der Waals surface area contributed by atoms with E-state index in [1.807, 2.05) is 17.0 Å². The number of benzene rings is 1. The minimum atomic E-state index is -0.633. The quantitative estimate of drug-likeness (QED) is 0.543. The summed E-state index contributed by atoms with van der Waals surface area (Å²) in [4.78, 5) is 36.9. The molecule has 0 spiro atoms. The maximum absolute atomic E-state index is 12.2. The second-order valence-corrected chi connectivity index (χ2v) is 5.95. The van der Waals surface area contributed by atoms with Gasteiger partial charge < -0.3 is 25.8 Å². The summed E-state index contributed by atoms with van der Waals surface area (Å²) in [7, 11) is 3.14. The molecule has 26 heavy (non-hydrogen) atoms. The number of piperazine rings is 1. The minimum Gasteiger partial charge on any atom is -0.497 e. The summed E-state index contributed by atoms with van der Waals surface area (Å²) in [6.07, 6.45) is -0.0553. The van der Waals surface area contributed by atoms with E-state index in [4.69, 9.17) is 15.2 Å². The van der Waals surface area contributed by atoms with Crippen LogP contribution in [0.2, 0.25) is 0 Å². The van der Waals surface area contributed by atoms with Crippen LogP contribution in [0.1, 0.15) is 12.0 Å². The first-order valence-electron chi connectivity index (χ1n) is 8.21. The lowest BCUT2D eigenvalue weighted by molar-refractivity contribution is -0.134. The van der Waals surface area contributed by atoms with E-state index in [1.165, 1.54) is 0 Å². The predicted octanol–water partition coefficient (Wildman–Crippen LogP) is -1.00. The van der Waals surface area contributed by atoms with E-state index in [2.05, 4.69) is 10.6 Å². The van der Waals surface area contributed by atoms with Crippen molar-refractivity contribution >= 4 is 17.7 Å². The zero-order chi connectivity index (χ0) is 19.1. The molecule has 3 amide bonds. The first-order chi connectivity index (χ1) is 12.4. The zero-order valence-electron chi connectivity index (χ0n) is 14.9. The Morgan fingerprint density at radius 1 is 1.27 bits per heavy atom. The van der Waals surface area contributed by atoms with Crippen molar-refractivity contribution in [1.82, 2.24) is 15.5 Å². The Hall–Kier alpha value is -2.81. The molecule has 1 saturated heterocycles. The zero-order valence-corrected chi connectivity index (χ0v) is 14.9. The Morgan fingerprint density at radius 3 is 2.50 bits per heavy atom. The monoisotopic (exact) mass is 364 g/mol. The van der Waals surface area contributed by atoms with Gasteiger partial charge >= 0.3 is 0 Å². The van der Waals surface area contributed by atoms with Crippen molar-refractivity contribution in [3.05, 3.63) is 23.8 Å². The van der Waals surface area contributed by atoms with E-state index < -0.39 is 17.9 Å². The molecule has 0 aliphatic carbocycles. The fourth-order valence-corrected chi connectivity index (χ4v) is 2.80. The average Bonchev–Trinajstić information content (AvgIpc) is 2.62. The molecule has 1 heterocycles. The van der Waals surface area contributed by atoms with Crippen LogP contribution in [0.4, 0.5) is 0 Å². The largest absolute Gasteiger partial charge is 0.497 e. The maximum atomic E-state index is 12.2. The van der Waals surface area contributed by atoms with Crippen LogP contribution in [0.3, 0.4) is 0 Å². The van der Waals surface area contributed by atoms with Gasteiger partial charge in [-0.25, -0.2) is 0 Å². The van der Waals surface area contributed by atoms with Gasteiger partial charge in [0.1, 0.15) is 11.5 Å². The highest BCUT2D eigenvalue weighted by Gasteiger charge is 2.31. The third-order valence-electron chi connectivity index (χ3n) is 4.08. The van der Waals surface area contributed by atoms with Gasteiger partial charge in [0.25, 0.3) is 0 Å². The van der Waals surface area contributed by atoms with Crippen molar-refractivity contribution in [2.75, 3.05) is 33.9 Å². The molecule has 9 nitrogen and oxygen atoms in total. The molecule has 1 aliphatic heterocycles. The lowest BCUT2D eigenvalue weighted by Crippen LogP contribution is -2.56. The maximum Gasteiger partial charge on any atom is 0.237 e. The number of methoxy groups -OCH3 is 2. The van der Waals surface area contributed by atoms with Crippen LogP contribution in [0.15, 0.2) is 18.2 Å². The first-order valence-corrected chi connectivity index (χ1v) is 8.21. The number of nitrogens with zero attached hydrogens (tertiary/aromatic N) is 1. The second kappa shape index (κ2) is 9.04. The van der Waals surface area contributed by atoms with E-state index in [0.717, 1.165) is 5.56 Å². The number of hydrogen-bond donors (Lipinski definition) is 3. The van der Waals surface area contributed by atoms with Crippen molar-refractivity contribution in [2.45, 2.75) is 19.0 Å². The highest BCUT2D eigenvalue weighted by molar-refractivity contribution is 5.90. The Morgan fingerprint density at radius 2 is 1.92 bits per heavy atom. The van der Waals surface area contributed by atoms with Gasteiger partial charge in [0.05, 0.1) is 33.2 Å². The van der Waals surface area contributed by atoms with E-state index in [9.17, 15) is 14.4 Å². The number of nitrogens with two attached hydrogens (primary N) is 1. The molecule has 1 aromatic rings. The SMILES string of the molecule is COc1cc(CN2CCNC(=O)[C@H]2CC(=O)NCC(N)=O)cc(OC)c1. The summed E-state index contributed by atoms with van der Waals surface area (Å²) in [6, 6.07) is 4.86. The van der Waals surface area contributed by atoms with Gasteiger partial charge in [-0.1, -0.05) is 0 Å². The van der Waals surface area contributed by atoms with Crippen LogP contribution < -0.4 is 25.8 Å². The predicted molar refractivity (Wildman–Crippen MR) is 93.6 cm³/mol. The van der Waals surface area contributed by atoms with E-state index >= 15 is 0 Å². The summed E-state index contributed by atoms with van der Waals surface area (Å²) in [5.74, 6) is 0.0410. The number of carbonyl (C=O) groups is 3. The highest BCUT2D eigenvalue weighted by atomic mass is 16.5. The Balaban J connectivity index is 2.11. The van der Waals surface area contributed by atoms with Gasteiger partial charge in [0.2, 0.25) is 17.7 Å². The summed E-state index contributed by atoms with van der Waals surface area (Å²) in [5.41, 5.74) is 5.92. The lowest BCUT2D eigenvalue weighted by Gasteiger charge is -2.34. The van der Waals surface area contributed by atoms with Crippen LogP contribution >= 0.6 is 0 Å². The molecule has 0 bridgehead atoms. The fraction of sp³-hybridized carbons (Fsp3) is 0.471. The third kappa shape index (κ3) is 5.35. The van der Waals surface area contributed by atoms with Crippen molar-refractivity contribution in [1.29, 1.82) is 0 Å². The van der Waals surface area contributed by atoms with Gasteiger partial charge in [-0.2, -0.15) is 0 Å². The normalized spacial score (nSPS) is 17.3. The fourth-order valence-electron chi connectivity index (χ4n) is 2.80. The van der Waals surface area contributed by atoms with Crippen molar-refractivity contribution in [2.24, 2.45) is 5.73 Å². The molecule has 1 aromatic carbocycles. The summed E-state index contributed by atoms with van der Waals surface area (Å²) >= 11 is 0. The summed E-state index contributed by atoms with van der Waals surface area (Å²) in [6.45, 7) is 1.30. The first kappa shape index (κ1) is 19.5. The number of amides is 3. The molecule has 9 heteroatoms. The minimum absolute atomic E-state index is 0.0553. The van der Waals surface area contributed by atoms with Crippen LogP contribution in [-0.2, 0) is 20.9 Å². The molecule has 2 rings (SSSR count). The van der Waals surface area contributed by atoms with Gasteiger partial charge in [-0.05, 0) is 17.7 Å². The van der Waals surface area contributed by atoms with E-state index in [-0.39, 0.29) is 18.9 Å². The Labute approximate surface area is 151 Å². The van der Waals surface area contributed by atoms with Gasteiger partial charge in [0, 0.05) is 25.7 Å². The molecule has 1 fully saturated rings. The summed E-state index contributed by atoms with van der Waals surface area (Å²) < 4.78 is 10.5. The van der Waals surface area contributed by atoms with Crippen LogP contribution in [0, 0.1) is 0 Å². The van der Waals surface area contributed by atoms with E-state index in [0.29, 0.717) is 31.1 Å². The Kier molecular flexibility index (Phi) is 6.79. The van der Waals surface area contributed by atoms with Crippen molar-refractivity contribution in [3.63, 3.8) is 0 Å². The molecule has 0 aromatic heterocycles. The van der Waals surface area contributed by atoms with Gasteiger partial charge in [0.15, 0.2) is 0 Å². The number of hydrogen-bond acceptors (Lipinski definition) is 6. The summed E-state index contributed by atoms with van der Waals surface area (Å²) in [5, 5.41) is 5.17. The van der Waals surface area contributed by atoms with Crippen molar-refractivity contribution in [3.8, 4) is 11.5 Å². The van der Waals surface area contributed by atoms with Crippen LogP contribution in [-0.4, -0.2) is 62.5 Å². The third-order valence-corrected chi connectivity index (χ3v) is 4.08. The second-order valence-electron chi connectivity index (χ2n) is 5.95. The molecule has 0 unspecified atom stereocenters. The molecule has 0 saturated carbocycles. The highest BCUT2D eigenvalue weighted by Crippen LogP contribution is 2.24. The molecular weight excluding hydrogens is 340 g/mol. The van der Waals surface area contributed by atoms with Gasteiger partial charge in [-0.15, -0.1) is 0 Å². The number of rotatable bonds is 8. The number of nitrogens with one attached hydrogen (secondary N) is 2. The van der Waals surface area contributed by atoms with Crippen LogP contribution in [0.5, 0.6) is 11.5 Å². The molecule has 1 atom stereocenters. The molecular formula is C17H24N4O5. The molecule has 142 valence electrons. The lowest BCUT2D eigenvalue weighted by atomic mass is 10.1. The topological polar surface area (TPSA) is 123 Å². The molecule has 0 radical (unpaired) electrons. The average molecular weight is 364 g/mol. The Bertz CT molecular complexity index is 657. The molecule has 4 N–H and O–H groups in total. The van der Waals surface area contributed by atoms with E-state index in [1.54, 1.807) is 20.3 Å². The molecule has 1 aliphatic rings. The number of ether oxygens (including phenoxy) is 2. The van der Waals surface area contributed by atoms with Gasteiger partial charge in [-0.3, -0.25) is 19.3 Å². The smallest absolute Gasteiger partial charge is 0.237 e. The van der Waals surface area contributed by atoms with Crippen LogP contribution in [0.25, 0.3) is 0 Å². The van der Waals surface area contributed by atoms with Crippen molar-refractivity contribution < 1.29 is 23.9 Å².